The molecule has 0 aliphatic carbocycles. The van der Waals surface area contributed by atoms with E-state index in [1.165, 1.54) is 5.56 Å². The molecule has 1 aliphatic heterocycles. The van der Waals surface area contributed by atoms with Crippen LogP contribution in [0.15, 0.2) is 28.8 Å². The Morgan fingerprint density at radius 1 is 1.50 bits per heavy atom. The number of aromatic nitrogens is 2. The Morgan fingerprint density at radius 2 is 2.36 bits per heavy atom. The average Bonchev–Trinajstić information content (AvgIpc) is 3.13. The molecule has 0 amide bonds. The highest BCUT2D eigenvalue weighted by atomic mass is 16.5. The van der Waals surface area contributed by atoms with Gasteiger partial charge in [-0.3, -0.25) is 4.90 Å². The fourth-order valence-electron chi connectivity index (χ4n) is 2.90. The number of aryl methyl sites for hydroxylation is 1. The molecule has 3 rings (SSSR count). The molecule has 2 heterocycles. The second-order valence-electron chi connectivity index (χ2n) is 5.82. The van der Waals surface area contributed by atoms with E-state index in [2.05, 4.69) is 32.5 Å². The fraction of sp³-hybridized carbons (Fsp3) is 0.500. The summed E-state index contributed by atoms with van der Waals surface area (Å²) in [4.78, 5) is 6.57. The van der Waals surface area contributed by atoms with E-state index in [4.69, 9.17) is 4.52 Å². The highest BCUT2D eigenvalue weighted by Gasteiger charge is 2.23. The van der Waals surface area contributed by atoms with E-state index in [0.717, 1.165) is 31.6 Å². The largest absolute Gasteiger partial charge is 0.392 e. The zero-order valence-electron chi connectivity index (χ0n) is 13.0. The van der Waals surface area contributed by atoms with Gasteiger partial charge in [0.15, 0.2) is 5.82 Å². The molecule has 0 unspecified atom stereocenters. The van der Waals surface area contributed by atoms with E-state index in [1.807, 2.05) is 26.1 Å². The van der Waals surface area contributed by atoms with Crippen molar-refractivity contribution in [3.63, 3.8) is 0 Å². The second-order valence-corrected chi connectivity index (χ2v) is 5.82. The van der Waals surface area contributed by atoms with Gasteiger partial charge in [-0.25, -0.2) is 0 Å². The first kappa shape index (κ1) is 15.1. The summed E-state index contributed by atoms with van der Waals surface area (Å²) >= 11 is 0. The van der Waals surface area contributed by atoms with E-state index in [1.54, 1.807) is 0 Å². The van der Waals surface area contributed by atoms with Crippen molar-refractivity contribution in [3.8, 4) is 11.5 Å². The van der Waals surface area contributed by atoms with Crippen LogP contribution < -0.4 is 5.32 Å². The molecule has 2 aromatic rings. The molecule has 0 bridgehead atoms. The first-order valence-corrected chi connectivity index (χ1v) is 7.64. The van der Waals surface area contributed by atoms with Gasteiger partial charge in [-0.2, -0.15) is 4.98 Å². The maximum Gasteiger partial charge on any atom is 0.257 e. The number of aliphatic hydroxyl groups excluding tert-OH is 1. The van der Waals surface area contributed by atoms with Crippen LogP contribution in [0.3, 0.4) is 0 Å². The van der Waals surface area contributed by atoms with Gasteiger partial charge in [-0.15, -0.1) is 0 Å². The Kier molecular flexibility index (Phi) is 4.52. The third-order valence-corrected chi connectivity index (χ3v) is 4.10. The number of likely N-dealkylation sites (tertiary alicyclic amines) is 1. The van der Waals surface area contributed by atoms with Crippen LogP contribution in [0.5, 0.6) is 0 Å². The standard InChI is InChI=1S/C16H22N4O2/c1-11-18-16(22-19-11)13-5-3-4-12(8-13)15(17-2)10-20-7-6-14(21)9-20/h3-5,8,14-15,17,21H,6-7,9-10H2,1-2H3/t14-,15-/m1/s1. The number of nitrogens with zero attached hydrogens (tertiary/aromatic N) is 3. The number of hydrogen-bond donors (Lipinski definition) is 2. The summed E-state index contributed by atoms with van der Waals surface area (Å²) in [5.41, 5.74) is 2.11. The lowest BCUT2D eigenvalue weighted by molar-refractivity contribution is 0.173. The minimum Gasteiger partial charge on any atom is -0.392 e. The molecule has 1 fully saturated rings. The zero-order chi connectivity index (χ0) is 15.5. The van der Waals surface area contributed by atoms with Crippen LogP contribution in [0, 0.1) is 6.92 Å². The Bertz CT molecular complexity index is 628. The van der Waals surface area contributed by atoms with E-state index < -0.39 is 0 Å². The van der Waals surface area contributed by atoms with E-state index in [9.17, 15) is 5.11 Å². The number of β-amino-alcohol motifs (C(OH)–C–C–N with tert-alkyl or cyclic N) is 1. The summed E-state index contributed by atoms with van der Waals surface area (Å²) in [6.07, 6.45) is 0.669. The van der Waals surface area contributed by atoms with Crippen molar-refractivity contribution in [2.24, 2.45) is 0 Å². The normalized spacial score (nSPS) is 20.4. The van der Waals surface area contributed by atoms with Gasteiger partial charge in [-0.05, 0) is 38.1 Å². The van der Waals surface area contributed by atoms with Gasteiger partial charge < -0.3 is 14.9 Å². The smallest absolute Gasteiger partial charge is 0.257 e. The predicted molar refractivity (Wildman–Crippen MR) is 83.3 cm³/mol. The Labute approximate surface area is 130 Å². The maximum absolute atomic E-state index is 9.66. The van der Waals surface area contributed by atoms with Crippen molar-refractivity contribution >= 4 is 0 Å². The first-order chi connectivity index (χ1) is 10.7. The molecule has 1 aromatic carbocycles. The minimum absolute atomic E-state index is 0.190. The molecule has 0 saturated carbocycles. The first-order valence-electron chi connectivity index (χ1n) is 7.64. The quantitative estimate of drug-likeness (QED) is 0.869. The third-order valence-electron chi connectivity index (χ3n) is 4.10. The van der Waals surface area contributed by atoms with Crippen molar-refractivity contribution in [2.75, 3.05) is 26.7 Å². The number of hydrogen-bond acceptors (Lipinski definition) is 6. The molecule has 1 aliphatic rings. The predicted octanol–water partition coefficient (Wildman–Crippen LogP) is 1.37. The molecule has 6 nitrogen and oxygen atoms in total. The lowest BCUT2D eigenvalue weighted by atomic mass is 10.0. The van der Waals surface area contributed by atoms with Crippen LogP contribution in [0.25, 0.3) is 11.5 Å². The summed E-state index contributed by atoms with van der Waals surface area (Å²) in [5.74, 6) is 1.18. The molecule has 1 aromatic heterocycles. The van der Waals surface area contributed by atoms with Crippen molar-refractivity contribution < 1.29 is 9.63 Å². The molecule has 6 heteroatoms. The van der Waals surface area contributed by atoms with Gasteiger partial charge in [0.2, 0.25) is 0 Å². The lowest BCUT2D eigenvalue weighted by Gasteiger charge is -2.23. The van der Waals surface area contributed by atoms with Crippen molar-refractivity contribution in [3.05, 3.63) is 35.7 Å². The summed E-state index contributed by atoms with van der Waals surface area (Å²) in [5, 5.41) is 16.9. The highest BCUT2D eigenvalue weighted by molar-refractivity contribution is 5.54. The van der Waals surface area contributed by atoms with Gasteiger partial charge in [0.05, 0.1) is 6.10 Å². The van der Waals surface area contributed by atoms with Gasteiger partial charge in [0.25, 0.3) is 5.89 Å². The molecule has 118 valence electrons. The van der Waals surface area contributed by atoms with Gasteiger partial charge >= 0.3 is 0 Å². The van der Waals surface area contributed by atoms with Gasteiger partial charge in [0.1, 0.15) is 0 Å². The van der Waals surface area contributed by atoms with Crippen LogP contribution in [-0.4, -0.2) is 52.9 Å². The van der Waals surface area contributed by atoms with Gasteiger partial charge in [0, 0.05) is 31.2 Å². The lowest BCUT2D eigenvalue weighted by Crippen LogP contribution is -2.33. The number of aliphatic hydroxyl groups is 1. The molecule has 2 atom stereocenters. The molecule has 0 radical (unpaired) electrons. The van der Waals surface area contributed by atoms with Gasteiger partial charge in [-0.1, -0.05) is 17.3 Å². The second kappa shape index (κ2) is 6.56. The molecular formula is C16H22N4O2. The average molecular weight is 302 g/mol. The number of nitrogens with one attached hydrogen (secondary N) is 1. The van der Waals surface area contributed by atoms with Crippen LogP contribution in [0.2, 0.25) is 0 Å². The summed E-state index contributed by atoms with van der Waals surface area (Å²) in [6, 6.07) is 8.37. The molecular weight excluding hydrogens is 280 g/mol. The third kappa shape index (κ3) is 3.35. The van der Waals surface area contributed by atoms with Crippen molar-refractivity contribution in [1.29, 1.82) is 0 Å². The van der Waals surface area contributed by atoms with Crippen molar-refractivity contribution in [1.82, 2.24) is 20.4 Å². The molecule has 2 N–H and O–H groups in total. The SMILES string of the molecule is CN[C@H](CN1CC[C@@H](O)C1)c1cccc(-c2nc(C)no2)c1. The van der Waals surface area contributed by atoms with E-state index >= 15 is 0 Å². The molecule has 0 spiro atoms. The maximum atomic E-state index is 9.66. The zero-order valence-corrected chi connectivity index (χ0v) is 13.0. The van der Waals surface area contributed by atoms with Crippen molar-refractivity contribution in [2.45, 2.75) is 25.5 Å². The summed E-state index contributed by atoms with van der Waals surface area (Å²) in [6.45, 7) is 4.38. The topological polar surface area (TPSA) is 74.4 Å². The van der Waals surface area contributed by atoms with Crippen LogP contribution in [0.1, 0.15) is 23.9 Å². The Hall–Kier alpha value is -1.76. The summed E-state index contributed by atoms with van der Waals surface area (Å²) < 4.78 is 5.24. The van der Waals surface area contributed by atoms with E-state index in [-0.39, 0.29) is 12.1 Å². The minimum atomic E-state index is -0.190. The van der Waals surface area contributed by atoms with Crippen LogP contribution >= 0.6 is 0 Å². The van der Waals surface area contributed by atoms with Crippen LogP contribution in [0.4, 0.5) is 0 Å². The highest BCUT2D eigenvalue weighted by Crippen LogP contribution is 2.23. The Balaban J connectivity index is 1.77. The molecule has 22 heavy (non-hydrogen) atoms. The fourth-order valence-corrected chi connectivity index (χ4v) is 2.90. The Morgan fingerprint density at radius 3 is 3.00 bits per heavy atom. The number of likely N-dealkylation sites (N-methyl/N-ethyl adjacent to an activating group) is 1. The van der Waals surface area contributed by atoms with Crippen LogP contribution in [-0.2, 0) is 0 Å². The van der Waals surface area contributed by atoms with E-state index in [0.29, 0.717) is 11.7 Å². The monoisotopic (exact) mass is 302 g/mol. The summed E-state index contributed by atoms with van der Waals surface area (Å²) in [7, 11) is 1.96. The molecule has 1 saturated heterocycles. The number of benzene rings is 1. The number of rotatable bonds is 5.